The lowest BCUT2D eigenvalue weighted by atomic mass is 10.1. The van der Waals surface area contributed by atoms with Crippen molar-refractivity contribution >= 4 is 23.4 Å². The van der Waals surface area contributed by atoms with Crippen LogP contribution in [0.4, 0.5) is 0 Å². The molecule has 0 heterocycles. The Morgan fingerprint density at radius 1 is 1.00 bits per heavy atom. The van der Waals surface area contributed by atoms with Gasteiger partial charge in [0.1, 0.15) is 0 Å². The number of hydrogen-bond acceptors (Lipinski definition) is 5. The van der Waals surface area contributed by atoms with E-state index in [1.165, 1.54) is 13.2 Å². The van der Waals surface area contributed by atoms with Crippen LogP contribution in [0.2, 0.25) is 5.02 Å². The first kappa shape index (κ1) is 19.8. The predicted molar refractivity (Wildman–Crippen MR) is 99.5 cm³/mol. The van der Waals surface area contributed by atoms with E-state index in [0.29, 0.717) is 28.7 Å². The number of Topliss-reactive ketones (excluding diaryl/α,β-unsaturated/α-hetero) is 1. The Hall–Kier alpha value is -2.53. The lowest BCUT2D eigenvalue weighted by molar-refractivity contribution is 0.0474. The second-order valence-corrected chi connectivity index (χ2v) is 6.01. The highest BCUT2D eigenvalue weighted by molar-refractivity contribution is 6.30. The van der Waals surface area contributed by atoms with Gasteiger partial charge in [-0.25, -0.2) is 4.79 Å². The minimum absolute atomic E-state index is 0.286. The van der Waals surface area contributed by atoms with Gasteiger partial charge in [0.15, 0.2) is 23.9 Å². The van der Waals surface area contributed by atoms with Crippen LogP contribution >= 0.6 is 11.6 Å². The first-order valence-corrected chi connectivity index (χ1v) is 8.69. The van der Waals surface area contributed by atoms with Gasteiger partial charge in [-0.05, 0) is 48.9 Å². The summed E-state index contributed by atoms with van der Waals surface area (Å²) in [5, 5.41) is 0.534. The number of hydrogen-bond donors (Lipinski definition) is 0. The number of benzene rings is 2. The molecule has 0 fully saturated rings. The van der Waals surface area contributed by atoms with Crippen molar-refractivity contribution < 1.29 is 23.8 Å². The molecule has 0 N–H and O–H groups in total. The molecule has 6 heteroatoms. The number of unbranched alkanes of at least 4 members (excludes halogenated alkanes) is 1. The van der Waals surface area contributed by atoms with Crippen molar-refractivity contribution in [3.63, 3.8) is 0 Å². The molecule has 0 saturated heterocycles. The average molecular weight is 377 g/mol. The maximum atomic E-state index is 12.2. The van der Waals surface area contributed by atoms with Gasteiger partial charge in [-0.15, -0.1) is 0 Å². The molecular formula is C20H21ClO5. The number of methoxy groups -OCH3 is 1. The highest BCUT2D eigenvalue weighted by Gasteiger charge is 2.15. The molecule has 2 aromatic rings. The SMILES string of the molecule is CCCCOc1ccc(C(=O)OCC(=O)c2ccc(Cl)cc2)cc1OC. The van der Waals surface area contributed by atoms with Crippen LogP contribution in [0.5, 0.6) is 11.5 Å². The normalized spacial score (nSPS) is 10.3. The van der Waals surface area contributed by atoms with Gasteiger partial charge in [-0.3, -0.25) is 4.79 Å². The van der Waals surface area contributed by atoms with Crippen LogP contribution in [0.1, 0.15) is 40.5 Å². The average Bonchev–Trinajstić information content (AvgIpc) is 2.66. The zero-order chi connectivity index (χ0) is 18.9. The molecule has 0 bridgehead atoms. The van der Waals surface area contributed by atoms with Gasteiger partial charge in [-0.2, -0.15) is 0 Å². The molecule has 0 aliphatic carbocycles. The Morgan fingerprint density at radius 2 is 1.69 bits per heavy atom. The molecule has 0 spiro atoms. The van der Waals surface area contributed by atoms with Crippen molar-refractivity contribution in [2.24, 2.45) is 0 Å². The van der Waals surface area contributed by atoms with Crippen molar-refractivity contribution in [2.75, 3.05) is 20.3 Å². The zero-order valence-corrected chi connectivity index (χ0v) is 15.5. The molecule has 0 saturated carbocycles. The summed E-state index contributed by atoms with van der Waals surface area (Å²) < 4.78 is 16.0. The highest BCUT2D eigenvalue weighted by Crippen LogP contribution is 2.28. The fourth-order valence-corrected chi connectivity index (χ4v) is 2.30. The van der Waals surface area contributed by atoms with Crippen LogP contribution in [0, 0.1) is 0 Å². The monoisotopic (exact) mass is 376 g/mol. The van der Waals surface area contributed by atoms with E-state index in [2.05, 4.69) is 6.92 Å². The van der Waals surface area contributed by atoms with E-state index in [9.17, 15) is 9.59 Å². The lowest BCUT2D eigenvalue weighted by Crippen LogP contribution is -2.14. The topological polar surface area (TPSA) is 61.8 Å². The van der Waals surface area contributed by atoms with E-state index in [-0.39, 0.29) is 18.0 Å². The Kier molecular flexibility index (Phi) is 7.48. The smallest absolute Gasteiger partial charge is 0.338 e. The number of halogens is 1. The number of carbonyl (C=O) groups excluding carboxylic acids is 2. The molecule has 138 valence electrons. The van der Waals surface area contributed by atoms with Crippen molar-refractivity contribution in [1.82, 2.24) is 0 Å². The number of rotatable bonds is 9. The third-order valence-electron chi connectivity index (χ3n) is 3.66. The Labute approximate surface area is 157 Å². The minimum Gasteiger partial charge on any atom is -0.493 e. The van der Waals surface area contributed by atoms with Crippen molar-refractivity contribution in [2.45, 2.75) is 19.8 Å². The molecule has 5 nitrogen and oxygen atoms in total. The molecular weight excluding hydrogens is 356 g/mol. The maximum absolute atomic E-state index is 12.2. The molecule has 0 aliphatic rings. The Morgan fingerprint density at radius 3 is 2.35 bits per heavy atom. The fraction of sp³-hybridized carbons (Fsp3) is 0.300. The van der Waals surface area contributed by atoms with Crippen LogP contribution < -0.4 is 9.47 Å². The van der Waals surface area contributed by atoms with Gasteiger partial charge in [0.25, 0.3) is 0 Å². The predicted octanol–water partition coefficient (Wildman–Crippen LogP) is 4.57. The quantitative estimate of drug-likeness (QED) is 0.364. The summed E-state index contributed by atoms with van der Waals surface area (Å²) in [6, 6.07) is 11.2. The largest absolute Gasteiger partial charge is 0.493 e. The summed E-state index contributed by atoms with van der Waals surface area (Å²) in [6.45, 7) is 2.30. The van der Waals surface area contributed by atoms with Gasteiger partial charge in [0.2, 0.25) is 0 Å². The summed E-state index contributed by atoms with van der Waals surface area (Å²) in [5.74, 6) is 0.0987. The number of carbonyl (C=O) groups is 2. The lowest BCUT2D eigenvalue weighted by Gasteiger charge is -2.12. The first-order chi connectivity index (χ1) is 12.5. The molecule has 0 unspecified atom stereocenters. The van der Waals surface area contributed by atoms with Gasteiger partial charge in [-0.1, -0.05) is 24.9 Å². The van der Waals surface area contributed by atoms with Crippen LogP contribution in [0.25, 0.3) is 0 Å². The van der Waals surface area contributed by atoms with Gasteiger partial charge >= 0.3 is 5.97 Å². The van der Waals surface area contributed by atoms with Crippen LogP contribution in [0.3, 0.4) is 0 Å². The zero-order valence-electron chi connectivity index (χ0n) is 14.8. The molecule has 0 radical (unpaired) electrons. The fourth-order valence-electron chi connectivity index (χ4n) is 2.17. The molecule has 2 rings (SSSR count). The molecule has 0 aliphatic heterocycles. The molecule has 26 heavy (non-hydrogen) atoms. The molecule has 0 aromatic heterocycles. The second kappa shape index (κ2) is 9.82. The van der Waals surface area contributed by atoms with E-state index < -0.39 is 5.97 Å². The van der Waals surface area contributed by atoms with E-state index in [4.69, 9.17) is 25.8 Å². The maximum Gasteiger partial charge on any atom is 0.338 e. The van der Waals surface area contributed by atoms with Crippen LogP contribution in [-0.2, 0) is 4.74 Å². The third kappa shape index (κ3) is 5.49. The van der Waals surface area contributed by atoms with E-state index >= 15 is 0 Å². The van der Waals surface area contributed by atoms with E-state index in [1.807, 2.05) is 0 Å². The summed E-state index contributed by atoms with van der Waals surface area (Å²) in [6.07, 6.45) is 1.95. The van der Waals surface area contributed by atoms with Gasteiger partial charge in [0.05, 0.1) is 19.3 Å². The Balaban J connectivity index is 1.98. The number of ether oxygens (including phenoxy) is 3. The van der Waals surface area contributed by atoms with Crippen molar-refractivity contribution in [3.05, 3.63) is 58.6 Å². The van der Waals surface area contributed by atoms with E-state index in [0.717, 1.165) is 12.8 Å². The van der Waals surface area contributed by atoms with Crippen LogP contribution in [-0.4, -0.2) is 32.1 Å². The van der Waals surface area contributed by atoms with Crippen molar-refractivity contribution in [3.8, 4) is 11.5 Å². The number of ketones is 1. The van der Waals surface area contributed by atoms with Gasteiger partial charge in [0, 0.05) is 10.6 Å². The second-order valence-electron chi connectivity index (χ2n) is 5.57. The third-order valence-corrected chi connectivity index (χ3v) is 3.91. The standard InChI is InChI=1S/C20H21ClO5/c1-3-4-11-25-18-10-7-15(12-19(18)24-2)20(23)26-13-17(22)14-5-8-16(21)9-6-14/h5-10,12H,3-4,11,13H2,1-2H3. The first-order valence-electron chi connectivity index (χ1n) is 8.32. The molecule has 0 amide bonds. The summed E-state index contributed by atoms with van der Waals surface area (Å²) in [7, 11) is 1.50. The van der Waals surface area contributed by atoms with Crippen LogP contribution in [0.15, 0.2) is 42.5 Å². The highest BCUT2D eigenvalue weighted by atomic mass is 35.5. The summed E-state index contributed by atoms with van der Waals surface area (Å²) >= 11 is 5.79. The van der Waals surface area contributed by atoms with Gasteiger partial charge < -0.3 is 14.2 Å². The molecule has 2 aromatic carbocycles. The number of esters is 1. The summed E-state index contributed by atoms with van der Waals surface area (Å²) in [5.41, 5.74) is 0.716. The van der Waals surface area contributed by atoms with Crippen molar-refractivity contribution in [1.29, 1.82) is 0 Å². The van der Waals surface area contributed by atoms with E-state index in [1.54, 1.807) is 36.4 Å². The summed E-state index contributed by atoms with van der Waals surface area (Å²) in [4.78, 5) is 24.2. The Bertz CT molecular complexity index is 755. The molecule has 0 atom stereocenters. The minimum atomic E-state index is -0.606.